The van der Waals surface area contributed by atoms with Crippen LogP contribution < -0.4 is 0 Å². The van der Waals surface area contributed by atoms with Gasteiger partial charge in [0.2, 0.25) is 0 Å². The van der Waals surface area contributed by atoms with Crippen molar-refractivity contribution in [2.75, 3.05) is 0 Å². The van der Waals surface area contributed by atoms with Crippen molar-refractivity contribution in [1.82, 2.24) is 0 Å². The van der Waals surface area contributed by atoms with Crippen LogP contribution >= 0.6 is 0 Å². The summed E-state index contributed by atoms with van der Waals surface area (Å²) in [6, 6.07) is 11.6. The van der Waals surface area contributed by atoms with Crippen molar-refractivity contribution in [2.24, 2.45) is 5.92 Å². The number of aryl methyl sites for hydroxylation is 1. The highest BCUT2D eigenvalue weighted by molar-refractivity contribution is 5.35. The number of benzene rings is 1. The Hall–Kier alpha value is -1.29. The highest BCUT2D eigenvalue weighted by atomic mass is 14.4. The van der Waals surface area contributed by atoms with Gasteiger partial charge in [0.1, 0.15) is 0 Å². The standard InChI is InChI=1S/C21H31N/c1-3-5-6-8-19-13-15-21(17-22,16-14-19)20-11-9-18(7-4-2)10-12-20/h9-12,19H,3-8,13-16H2,1-2H3/t19-,21+. The normalized spacial score (nSPS) is 24.9. The van der Waals surface area contributed by atoms with Gasteiger partial charge < -0.3 is 0 Å². The van der Waals surface area contributed by atoms with E-state index in [0.717, 1.165) is 25.2 Å². The van der Waals surface area contributed by atoms with Crippen molar-refractivity contribution in [2.45, 2.75) is 83.5 Å². The minimum absolute atomic E-state index is 0.216. The second-order valence-corrected chi connectivity index (χ2v) is 7.08. The van der Waals surface area contributed by atoms with Crippen LogP contribution in [-0.2, 0) is 11.8 Å². The van der Waals surface area contributed by atoms with E-state index in [0.29, 0.717) is 0 Å². The predicted molar refractivity (Wildman–Crippen MR) is 93.8 cm³/mol. The fourth-order valence-corrected chi connectivity index (χ4v) is 3.89. The van der Waals surface area contributed by atoms with Gasteiger partial charge in [-0.25, -0.2) is 0 Å². The van der Waals surface area contributed by atoms with E-state index in [4.69, 9.17) is 0 Å². The van der Waals surface area contributed by atoms with Crippen molar-refractivity contribution in [1.29, 1.82) is 5.26 Å². The minimum atomic E-state index is -0.216. The molecule has 0 bridgehead atoms. The summed E-state index contributed by atoms with van der Waals surface area (Å²) in [5.74, 6) is 0.854. The van der Waals surface area contributed by atoms with E-state index in [-0.39, 0.29) is 5.41 Å². The number of hydrogen-bond donors (Lipinski definition) is 0. The van der Waals surface area contributed by atoms with Crippen LogP contribution in [0.5, 0.6) is 0 Å². The van der Waals surface area contributed by atoms with E-state index in [1.54, 1.807) is 0 Å². The average Bonchev–Trinajstić information content (AvgIpc) is 2.57. The minimum Gasteiger partial charge on any atom is -0.197 e. The number of nitriles is 1. The van der Waals surface area contributed by atoms with Gasteiger partial charge in [-0.3, -0.25) is 0 Å². The Morgan fingerprint density at radius 1 is 1.05 bits per heavy atom. The fraction of sp³-hybridized carbons (Fsp3) is 0.667. The summed E-state index contributed by atoms with van der Waals surface area (Å²) in [5, 5.41) is 9.82. The van der Waals surface area contributed by atoms with Crippen LogP contribution in [-0.4, -0.2) is 0 Å². The Labute approximate surface area is 136 Å². The zero-order chi connectivity index (χ0) is 15.8. The third-order valence-corrected chi connectivity index (χ3v) is 5.43. The van der Waals surface area contributed by atoms with Gasteiger partial charge in [0.05, 0.1) is 11.5 Å². The average molecular weight is 297 g/mol. The molecule has 1 heteroatoms. The Bertz CT molecular complexity index is 472. The highest BCUT2D eigenvalue weighted by Gasteiger charge is 2.36. The van der Waals surface area contributed by atoms with Crippen LogP contribution in [0.15, 0.2) is 24.3 Å². The largest absolute Gasteiger partial charge is 0.197 e. The van der Waals surface area contributed by atoms with Crippen molar-refractivity contribution < 1.29 is 0 Å². The van der Waals surface area contributed by atoms with Crippen LogP contribution in [0, 0.1) is 17.2 Å². The molecule has 0 N–H and O–H groups in total. The lowest BCUT2D eigenvalue weighted by Gasteiger charge is -2.35. The molecule has 22 heavy (non-hydrogen) atoms. The highest BCUT2D eigenvalue weighted by Crippen LogP contribution is 2.42. The number of nitrogens with zero attached hydrogens (tertiary/aromatic N) is 1. The maximum absolute atomic E-state index is 9.82. The Kier molecular flexibility index (Phi) is 6.49. The van der Waals surface area contributed by atoms with Crippen molar-refractivity contribution >= 4 is 0 Å². The first kappa shape index (κ1) is 17.1. The van der Waals surface area contributed by atoms with Gasteiger partial charge in [-0.1, -0.05) is 70.2 Å². The molecule has 1 aliphatic carbocycles. The Morgan fingerprint density at radius 2 is 1.73 bits per heavy atom. The van der Waals surface area contributed by atoms with Crippen LogP contribution in [0.1, 0.15) is 82.8 Å². The van der Waals surface area contributed by atoms with Gasteiger partial charge in [0.15, 0.2) is 0 Å². The fourth-order valence-electron chi connectivity index (χ4n) is 3.89. The summed E-state index contributed by atoms with van der Waals surface area (Å²) < 4.78 is 0. The molecule has 0 saturated heterocycles. The van der Waals surface area contributed by atoms with E-state index in [1.807, 2.05) is 0 Å². The van der Waals surface area contributed by atoms with Gasteiger partial charge in [-0.2, -0.15) is 5.26 Å². The van der Waals surface area contributed by atoms with Crippen molar-refractivity contribution in [3.63, 3.8) is 0 Å². The van der Waals surface area contributed by atoms with E-state index in [2.05, 4.69) is 44.2 Å². The molecule has 1 aromatic rings. The Morgan fingerprint density at radius 3 is 2.27 bits per heavy atom. The second kappa shape index (κ2) is 8.37. The third kappa shape index (κ3) is 4.13. The molecule has 0 aliphatic heterocycles. The van der Waals surface area contributed by atoms with E-state index in [9.17, 15) is 5.26 Å². The summed E-state index contributed by atoms with van der Waals surface area (Å²) in [5.41, 5.74) is 2.43. The van der Waals surface area contributed by atoms with Gasteiger partial charge in [-0.05, 0) is 49.1 Å². The topological polar surface area (TPSA) is 23.8 Å². The number of hydrogen-bond acceptors (Lipinski definition) is 1. The van der Waals surface area contributed by atoms with Gasteiger partial charge >= 0.3 is 0 Å². The molecule has 1 fully saturated rings. The maximum atomic E-state index is 9.82. The third-order valence-electron chi connectivity index (χ3n) is 5.43. The second-order valence-electron chi connectivity index (χ2n) is 7.08. The molecule has 0 amide bonds. The summed E-state index contributed by atoms with van der Waals surface area (Å²) in [4.78, 5) is 0. The predicted octanol–water partition coefficient (Wildman–Crippen LogP) is 6.17. The summed E-state index contributed by atoms with van der Waals surface area (Å²) in [7, 11) is 0. The molecule has 120 valence electrons. The maximum Gasteiger partial charge on any atom is 0.0822 e. The van der Waals surface area contributed by atoms with Crippen LogP contribution in [0.3, 0.4) is 0 Å². The molecule has 0 spiro atoms. The zero-order valence-corrected chi connectivity index (χ0v) is 14.4. The van der Waals surface area contributed by atoms with Crippen molar-refractivity contribution in [3.8, 4) is 6.07 Å². The molecule has 0 unspecified atom stereocenters. The quantitative estimate of drug-likeness (QED) is 0.552. The lowest BCUT2D eigenvalue weighted by atomic mass is 9.67. The monoisotopic (exact) mass is 297 g/mol. The molecule has 0 radical (unpaired) electrons. The van der Waals surface area contributed by atoms with Gasteiger partial charge in [0.25, 0.3) is 0 Å². The molecular formula is C21H31N. The van der Waals surface area contributed by atoms with Gasteiger partial charge in [-0.15, -0.1) is 0 Å². The van der Waals surface area contributed by atoms with Gasteiger partial charge in [0, 0.05) is 0 Å². The van der Waals surface area contributed by atoms with Crippen molar-refractivity contribution in [3.05, 3.63) is 35.4 Å². The SMILES string of the molecule is CCCCC[C@H]1CC[C@@](C#N)(c2ccc(CCC)cc2)CC1. The number of unbranched alkanes of at least 4 members (excludes halogenated alkanes) is 2. The molecule has 1 aromatic carbocycles. The smallest absolute Gasteiger partial charge is 0.0822 e. The first-order valence-corrected chi connectivity index (χ1v) is 9.24. The Balaban J connectivity index is 1.98. The molecule has 2 rings (SSSR count). The van der Waals surface area contributed by atoms with Crippen LogP contribution in [0.2, 0.25) is 0 Å². The summed E-state index contributed by atoms with van der Waals surface area (Å²) in [6.45, 7) is 4.48. The molecule has 0 atom stereocenters. The molecule has 1 aliphatic rings. The molecule has 1 nitrogen and oxygen atoms in total. The molecule has 0 heterocycles. The van der Waals surface area contributed by atoms with E-state index < -0.39 is 0 Å². The summed E-state index contributed by atoms with van der Waals surface area (Å²) in [6.07, 6.45) is 12.3. The van der Waals surface area contributed by atoms with E-state index >= 15 is 0 Å². The zero-order valence-electron chi connectivity index (χ0n) is 14.4. The lowest BCUT2D eigenvalue weighted by Crippen LogP contribution is -2.30. The van der Waals surface area contributed by atoms with Crippen LogP contribution in [0.25, 0.3) is 0 Å². The summed E-state index contributed by atoms with van der Waals surface area (Å²) >= 11 is 0. The van der Waals surface area contributed by atoms with Crippen LogP contribution in [0.4, 0.5) is 0 Å². The van der Waals surface area contributed by atoms with E-state index in [1.165, 1.54) is 56.1 Å². The first-order valence-electron chi connectivity index (χ1n) is 9.24. The lowest BCUT2D eigenvalue weighted by molar-refractivity contribution is 0.261. The molecule has 1 saturated carbocycles. The molecular weight excluding hydrogens is 266 g/mol. The number of rotatable bonds is 7. The first-order chi connectivity index (χ1) is 10.7. The molecule has 0 aromatic heterocycles.